The van der Waals surface area contributed by atoms with Gasteiger partial charge in [-0.15, -0.1) is 0 Å². The predicted octanol–water partition coefficient (Wildman–Crippen LogP) is 5.38. The quantitative estimate of drug-likeness (QED) is 0.549. The van der Waals surface area contributed by atoms with Crippen LogP contribution in [0.3, 0.4) is 0 Å². The van der Waals surface area contributed by atoms with E-state index in [0.717, 1.165) is 11.4 Å². The van der Waals surface area contributed by atoms with Gasteiger partial charge in [0.25, 0.3) is 5.91 Å². The fourth-order valence-corrected chi connectivity index (χ4v) is 3.82. The van der Waals surface area contributed by atoms with E-state index in [1.807, 2.05) is 22.9 Å². The van der Waals surface area contributed by atoms with Gasteiger partial charge in [-0.05, 0) is 66.4 Å². The Labute approximate surface area is 175 Å². The molecule has 1 fully saturated rings. The first kappa shape index (κ1) is 18.7. The number of thioether (sulfide) groups is 1. The molecule has 1 aliphatic rings. The number of rotatable bonds is 3. The molecule has 1 aliphatic heterocycles. The lowest BCUT2D eigenvalue weighted by Gasteiger charge is -2.06. The fourth-order valence-electron chi connectivity index (χ4n) is 2.66. The highest BCUT2D eigenvalue weighted by molar-refractivity contribution is 8.18. The van der Waals surface area contributed by atoms with Crippen LogP contribution in [0.2, 0.25) is 10.0 Å². The summed E-state index contributed by atoms with van der Waals surface area (Å²) in [5.74, 6) is -0.0394. The highest BCUT2D eigenvalue weighted by Crippen LogP contribution is 2.34. The van der Waals surface area contributed by atoms with Gasteiger partial charge in [0, 0.05) is 17.6 Å². The predicted molar refractivity (Wildman–Crippen MR) is 115 cm³/mol. The van der Waals surface area contributed by atoms with Crippen molar-refractivity contribution in [2.24, 2.45) is 4.99 Å². The number of nitrogens with zero attached hydrogens (tertiary/aromatic N) is 2. The average Bonchev–Trinajstić information content (AvgIpc) is 3.27. The van der Waals surface area contributed by atoms with Crippen LogP contribution in [0.5, 0.6) is 5.75 Å². The number of carbonyl (C=O) groups is 1. The van der Waals surface area contributed by atoms with Crippen molar-refractivity contribution in [2.75, 3.05) is 0 Å². The lowest BCUT2D eigenvalue weighted by Crippen LogP contribution is -2.19. The van der Waals surface area contributed by atoms with Crippen LogP contribution in [0.4, 0.5) is 5.69 Å². The van der Waals surface area contributed by atoms with E-state index in [-0.39, 0.29) is 11.7 Å². The van der Waals surface area contributed by atoms with Crippen LogP contribution in [0.1, 0.15) is 5.69 Å². The van der Waals surface area contributed by atoms with E-state index in [1.54, 1.807) is 48.5 Å². The van der Waals surface area contributed by atoms with Crippen LogP contribution in [0.25, 0.3) is 11.8 Å². The summed E-state index contributed by atoms with van der Waals surface area (Å²) in [5.41, 5.74) is 2.19. The Morgan fingerprint density at radius 1 is 1.07 bits per heavy atom. The molecule has 0 unspecified atom stereocenters. The number of benzene rings is 2. The molecule has 1 aromatic heterocycles. The molecule has 5 nitrogen and oxygen atoms in total. The Hall–Kier alpha value is -2.67. The monoisotopic (exact) mass is 429 g/mol. The van der Waals surface area contributed by atoms with Gasteiger partial charge in [0.1, 0.15) is 5.75 Å². The summed E-state index contributed by atoms with van der Waals surface area (Å²) >= 11 is 13.4. The Morgan fingerprint density at radius 3 is 2.64 bits per heavy atom. The molecule has 2 N–H and O–H groups in total. The standard InChI is InChI=1S/C20H13Cl2N3O2S/c21-15-4-1-5-16(18(15)22)23-20-24-19(27)17(28-20)11-13-3-2-10-25(13)12-6-8-14(26)9-7-12/h1-11,26H,(H,23,24,27)/b17-11-. The molecule has 4 rings (SSSR count). The maximum Gasteiger partial charge on any atom is 0.264 e. The normalized spacial score (nSPS) is 16.7. The van der Waals surface area contributed by atoms with Crippen LogP contribution in [-0.2, 0) is 4.79 Å². The number of hydrogen-bond donors (Lipinski definition) is 2. The zero-order chi connectivity index (χ0) is 19.7. The molecule has 28 heavy (non-hydrogen) atoms. The van der Waals surface area contributed by atoms with Crippen molar-refractivity contribution in [1.82, 2.24) is 9.88 Å². The maximum absolute atomic E-state index is 12.4. The number of amides is 1. The van der Waals surface area contributed by atoms with E-state index in [1.165, 1.54) is 11.8 Å². The minimum absolute atomic E-state index is 0.196. The summed E-state index contributed by atoms with van der Waals surface area (Å²) in [6.45, 7) is 0. The summed E-state index contributed by atoms with van der Waals surface area (Å²) in [5, 5.41) is 13.4. The van der Waals surface area contributed by atoms with Gasteiger partial charge in [-0.25, -0.2) is 4.99 Å². The van der Waals surface area contributed by atoms with Crippen LogP contribution in [0, 0.1) is 0 Å². The molecule has 2 heterocycles. The first-order valence-corrected chi connectivity index (χ1v) is 9.79. The first-order valence-electron chi connectivity index (χ1n) is 8.21. The highest BCUT2D eigenvalue weighted by Gasteiger charge is 2.24. The third-order valence-electron chi connectivity index (χ3n) is 3.99. The van der Waals surface area contributed by atoms with Crippen LogP contribution >= 0.6 is 35.0 Å². The minimum atomic E-state index is -0.236. The van der Waals surface area contributed by atoms with Gasteiger partial charge in [0.05, 0.1) is 20.6 Å². The van der Waals surface area contributed by atoms with Gasteiger partial charge in [-0.2, -0.15) is 0 Å². The van der Waals surface area contributed by atoms with Gasteiger partial charge >= 0.3 is 0 Å². The van der Waals surface area contributed by atoms with E-state index >= 15 is 0 Å². The largest absolute Gasteiger partial charge is 0.508 e. The van der Waals surface area contributed by atoms with Gasteiger partial charge in [0.2, 0.25) is 0 Å². The Balaban J connectivity index is 1.63. The van der Waals surface area contributed by atoms with Gasteiger partial charge in [-0.3, -0.25) is 4.79 Å². The zero-order valence-corrected chi connectivity index (χ0v) is 16.6. The van der Waals surface area contributed by atoms with Gasteiger partial charge < -0.3 is 15.0 Å². The van der Waals surface area contributed by atoms with E-state index in [2.05, 4.69) is 10.3 Å². The smallest absolute Gasteiger partial charge is 0.264 e. The number of hydrogen-bond acceptors (Lipinski definition) is 4. The molecule has 8 heteroatoms. The van der Waals surface area contributed by atoms with Crippen molar-refractivity contribution >= 4 is 57.8 Å². The molecule has 0 spiro atoms. The van der Waals surface area contributed by atoms with Gasteiger partial charge in [-0.1, -0.05) is 29.3 Å². The van der Waals surface area contributed by atoms with Crippen molar-refractivity contribution in [2.45, 2.75) is 0 Å². The summed E-state index contributed by atoms with van der Waals surface area (Å²) in [4.78, 5) is 17.3. The summed E-state index contributed by atoms with van der Waals surface area (Å²) in [6.07, 6.45) is 3.67. The van der Waals surface area contributed by atoms with Crippen molar-refractivity contribution in [3.63, 3.8) is 0 Å². The number of aromatic hydroxyl groups is 1. The van der Waals surface area contributed by atoms with Crippen LogP contribution < -0.4 is 5.32 Å². The number of carbonyl (C=O) groups excluding carboxylic acids is 1. The maximum atomic E-state index is 12.4. The second kappa shape index (κ2) is 7.75. The molecular formula is C20H13Cl2N3O2S. The molecule has 140 valence electrons. The zero-order valence-electron chi connectivity index (χ0n) is 14.3. The van der Waals surface area contributed by atoms with Crippen molar-refractivity contribution in [3.8, 4) is 11.4 Å². The van der Waals surface area contributed by atoms with E-state index in [9.17, 15) is 9.90 Å². The minimum Gasteiger partial charge on any atom is -0.508 e. The molecule has 0 aliphatic carbocycles. The van der Waals surface area contributed by atoms with Crippen LogP contribution in [0.15, 0.2) is 70.7 Å². The summed E-state index contributed by atoms with van der Waals surface area (Å²) in [7, 11) is 0. The number of phenols is 1. The molecule has 0 bridgehead atoms. The Bertz CT molecular complexity index is 1120. The average molecular weight is 430 g/mol. The van der Waals surface area contributed by atoms with Crippen molar-refractivity contribution in [3.05, 3.63) is 81.4 Å². The second-order valence-corrected chi connectivity index (χ2v) is 7.69. The Kier molecular flexibility index (Phi) is 5.17. The molecule has 2 aromatic carbocycles. The third-order valence-corrected chi connectivity index (χ3v) is 5.71. The molecule has 0 saturated carbocycles. The van der Waals surface area contributed by atoms with Gasteiger partial charge in [0.15, 0.2) is 5.17 Å². The van der Waals surface area contributed by atoms with E-state index in [4.69, 9.17) is 23.2 Å². The lowest BCUT2D eigenvalue weighted by atomic mass is 10.3. The number of halogens is 2. The summed E-state index contributed by atoms with van der Waals surface area (Å²) in [6, 6.07) is 15.8. The SMILES string of the molecule is O=C1NC(=Nc2cccc(Cl)c2Cl)S/C1=C\c1cccn1-c1ccc(O)cc1. The molecule has 1 saturated heterocycles. The fraction of sp³-hybridized carbons (Fsp3) is 0. The summed E-state index contributed by atoms with van der Waals surface area (Å²) < 4.78 is 1.92. The van der Waals surface area contributed by atoms with Crippen molar-refractivity contribution < 1.29 is 9.90 Å². The number of aliphatic imine (C=N–C) groups is 1. The number of aromatic nitrogens is 1. The number of amidine groups is 1. The number of phenolic OH excluding ortho intramolecular Hbond substituents is 1. The number of nitrogens with one attached hydrogen (secondary N) is 1. The Morgan fingerprint density at radius 2 is 1.86 bits per heavy atom. The molecule has 0 atom stereocenters. The first-order chi connectivity index (χ1) is 13.5. The molecule has 3 aromatic rings. The lowest BCUT2D eigenvalue weighted by molar-refractivity contribution is -0.115. The molecule has 1 amide bonds. The third kappa shape index (κ3) is 3.80. The topological polar surface area (TPSA) is 66.6 Å². The van der Waals surface area contributed by atoms with E-state index < -0.39 is 0 Å². The van der Waals surface area contributed by atoms with E-state index in [0.29, 0.717) is 25.8 Å². The second-order valence-electron chi connectivity index (χ2n) is 5.87. The molecule has 0 radical (unpaired) electrons. The van der Waals surface area contributed by atoms with Crippen LogP contribution in [-0.4, -0.2) is 20.7 Å². The highest BCUT2D eigenvalue weighted by atomic mass is 35.5. The molecular weight excluding hydrogens is 417 g/mol. The van der Waals surface area contributed by atoms with Crippen molar-refractivity contribution in [1.29, 1.82) is 0 Å².